The number of carbonyl (C=O) groups excluding carboxylic acids is 1. The van der Waals surface area contributed by atoms with E-state index in [9.17, 15) is 4.79 Å². The summed E-state index contributed by atoms with van der Waals surface area (Å²) < 4.78 is 5.54. The Bertz CT molecular complexity index is 795. The van der Waals surface area contributed by atoms with Crippen molar-refractivity contribution in [2.75, 3.05) is 26.3 Å². The molecule has 29 heavy (non-hydrogen) atoms. The van der Waals surface area contributed by atoms with E-state index in [-0.39, 0.29) is 11.4 Å². The van der Waals surface area contributed by atoms with E-state index >= 15 is 0 Å². The van der Waals surface area contributed by atoms with Crippen LogP contribution in [0.15, 0.2) is 49.1 Å². The molecule has 2 aliphatic heterocycles. The zero-order valence-corrected chi connectivity index (χ0v) is 17.1. The topological polar surface area (TPSA) is 67.4 Å². The highest BCUT2D eigenvalue weighted by atomic mass is 16.5. The summed E-state index contributed by atoms with van der Waals surface area (Å²) >= 11 is 0. The van der Waals surface area contributed by atoms with Crippen LogP contribution < -0.4 is 5.32 Å². The summed E-state index contributed by atoms with van der Waals surface area (Å²) in [5, 5.41) is 3.27. The molecular weight excluding hydrogens is 364 g/mol. The first-order valence-electron chi connectivity index (χ1n) is 10.6. The Kier molecular flexibility index (Phi) is 6.21. The number of ether oxygens (including phenoxy) is 1. The molecule has 154 valence electrons. The number of nitrogens with zero attached hydrogens (tertiary/aromatic N) is 3. The summed E-state index contributed by atoms with van der Waals surface area (Å²) in [5.41, 5.74) is 1.57. The number of carbonyl (C=O) groups is 1. The van der Waals surface area contributed by atoms with Gasteiger partial charge in [0.2, 0.25) is 0 Å². The molecule has 0 saturated carbocycles. The van der Waals surface area contributed by atoms with Gasteiger partial charge in [0, 0.05) is 50.3 Å². The Labute approximate surface area is 172 Å². The highest BCUT2D eigenvalue weighted by molar-refractivity contribution is 5.94. The van der Waals surface area contributed by atoms with Crippen LogP contribution in [0.1, 0.15) is 54.6 Å². The van der Waals surface area contributed by atoms with E-state index in [0.717, 1.165) is 52.0 Å². The van der Waals surface area contributed by atoms with Gasteiger partial charge in [-0.15, -0.1) is 0 Å². The van der Waals surface area contributed by atoms with E-state index in [1.807, 2.05) is 0 Å². The lowest BCUT2D eigenvalue weighted by molar-refractivity contribution is 0.0239. The van der Waals surface area contributed by atoms with E-state index < -0.39 is 0 Å². The van der Waals surface area contributed by atoms with Gasteiger partial charge in [-0.2, -0.15) is 0 Å². The summed E-state index contributed by atoms with van der Waals surface area (Å²) in [6.07, 6.45) is 8.68. The minimum Gasteiger partial charge on any atom is -0.381 e. The maximum Gasteiger partial charge on any atom is 0.254 e. The van der Waals surface area contributed by atoms with Crippen LogP contribution in [-0.2, 0) is 4.74 Å². The number of aromatic nitrogens is 2. The largest absolute Gasteiger partial charge is 0.381 e. The fraction of sp³-hybridized carbons (Fsp3) is 0.522. The second-order valence-electron chi connectivity index (χ2n) is 8.57. The molecule has 1 N–H and O–H groups in total. The van der Waals surface area contributed by atoms with E-state index in [1.165, 1.54) is 11.9 Å². The molecule has 0 bridgehead atoms. The number of nitrogens with one attached hydrogen (secondary N) is 1. The average Bonchev–Trinajstić information content (AvgIpc) is 2.77. The molecule has 4 rings (SSSR count). The molecule has 6 heteroatoms. The zero-order chi connectivity index (χ0) is 20.1. The quantitative estimate of drug-likeness (QED) is 0.843. The molecule has 2 atom stereocenters. The van der Waals surface area contributed by atoms with Crippen molar-refractivity contribution in [1.29, 1.82) is 0 Å². The predicted octanol–water partition coefficient (Wildman–Crippen LogP) is 3.23. The highest BCUT2D eigenvalue weighted by Gasteiger charge is 2.39. The molecule has 2 saturated heterocycles. The summed E-state index contributed by atoms with van der Waals surface area (Å²) in [7, 11) is 0. The van der Waals surface area contributed by atoms with Gasteiger partial charge in [-0.3, -0.25) is 9.69 Å². The lowest BCUT2D eigenvalue weighted by Gasteiger charge is -2.47. The predicted molar refractivity (Wildman–Crippen MR) is 111 cm³/mol. The van der Waals surface area contributed by atoms with Crippen LogP contribution in [0.5, 0.6) is 0 Å². The van der Waals surface area contributed by atoms with Crippen molar-refractivity contribution in [3.05, 3.63) is 60.2 Å². The number of likely N-dealkylation sites (tertiary alicyclic amines) is 1. The number of piperidine rings is 1. The van der Waals surface area contributed by atoms with Crippen LogP contribution in [0.25, 0.3) is 0 Å². The van der Waals surface area contributed by atoms with Gasteiger partial charge in [0.05, 0.1) is 5.56 Å². The normalized spacial score (nSPS) is 26.2. The third-order valence-electron chi connectivity index (χ3n) is 6.29. The second-order valence-corrected chi connectivity index (χ2v) is 8.57. The molecule has 2 aromatic rings. The number of benzene rings is 1. The van der Waals surface area contributed by atoms with Crippen molar-refractivity contribution in [2.45, 2.75) is 44.2 Å². The monoisotopic (exact) mass is 394 g/mol. The molecule has 0 radical (unpaired) electrons. The molecule has 1 amide bonds. The fourth-order valence-corrected chi connectivity index (χ4v) is 4.56. The average molecular weight is 395 g/mol. The molecule has 2 unspecified atom stereocenters. The van der Waals surface area contributed by atoms with Crippen LogP contribution in [0.3, 0.4) is 0 Å². The molecule has 3 heterocycles. The van der Waals surface area contributed by atoms with Gasteiger partial charge in [-0.25, -0.2) is 9.97 Å². The molecule has 1 aromatic carbocycles. The van der Waals surface area contributed by atoms with Crippen LogP contribution in [0, 0.1) is 5.92 Å². The molecular formula is C23H30N4O2. The Morgan fingerprint density at radius 2 is 1.93 bits per heavy atom. The lowest BCUT2D eigenvalue weighted by Crippen LogP contribution is -2.55. The van der Waals surface area contributed by atoms with Crippen LogP contribution in [0.4, 0.5) is 0 Å². The fourth-order valence-electron chi connectivity index (χ4n) is 4.56. The molecule has 2 fully saturated rings. The lowest BCUT2D eigenvalue weighted by atomic mass is 9.81. The first-order chi connectivity index (χ1) is 14.1. The van der Waals surface area contributed by atoms with E-state index in [1.54, 1.807) is 12.4 Å². The standard InChI is InChI=1S/C23H30N4O2/c1-23(26-22(28)20-14-24-17-25-15-20)9-10-27(16-18-7-11-29-12-8-18)21(13-23)19-5-3-2-4-6-19/h2-6,14-15,17-18,21H,7-13,16H2,1H3,(H,26,28). The number of hydrogen-bond acceptors (Lipinski definition) is 5. The van der Waals surface area contributed by atoms with Crippen molar-refractivity contribution in [3.8, 4) is 0 Å². The SMILES string of the molecule is CC1(NC(=O)c2cncnc2)CCN(CC2CCOCC2)C(c2ccccc2)C1. The van der Waals surface area contributed by atoms with Gasteiger partial charge in [-0.1, -0.05) is 30.3 Å². The van der Waals surface area contributed by atoms with Crippen molar-refractivity contribution in [2.24, 2.45) is 5.92 Å². The van der Waals surface area contributed by atoms with Gasteiger partial charge < -0.3 is 10.1 Å². The summed E-state index contributed by atoms with van der Waals surface area (Å²) in [5.74, 6) is 0.591. The number of hydrogen-bond donors (Lipinski definition) is 1. The smallest absolute Gasteiger partial charge is 0.254 e. The summed E-state index contributed by atoms with van der Waals surface area (Å²) in [4.78, 5) is 23.3. The highest BCUT2D eigenvalue weighted by Crippen LogP contribution is 2.37. The van der Waals surface area contributed by atoms with Gasteiger partial charge in [-0.05, 0) is 44.1 Å². The van der Waals surface area contributed by atoms with Crippen molar-refractivity contribution < 1.29 is 9.53 Å². The Balaban J connectivity index is 1.50. The van der Waals surface area contributed by atoms with E-state index in [2.05, 4.69) is 57.4 Å². The maximum absolute atomic E-state index is 12.7. The van der Waals surface area contributed by atoms with Crippen molar-refractivity contribution in [1.82, 2.24) is 20.2 Å². The summed E-state index contributed by atoms with van der Waals surface area (Å²) in [6, 6.07) is 11.0. The van der Waals surface area contributed by atoms with Gasteiger partial charge in [0.1, 0.15) is 6.33 Å². The first-order valence-corrected chi connectivity index (χ1v) is 10.6. The minimum atomic E-state index is -0.264. The number of amides is 1. The van der Waals surface area contributed by atoms with Gasteiger partial charge in [0.15, 0.2) is 0 Å². The molecule has 0 spiro atoms. The number of rotatable bonds is 5. The third-order valence-corrected chi connectivity index (χ3v) is 6.29. The second kappa shape index (κ2) is 9.01. The Hall–Kier alpha value is -2.31. The molecule has 1 aromatic heterocycles. The third kappa shape index (κ3) is 5.00. The van der Waals surface area contributed by atoms with E-state index in [0.29, 0.717) is 17.5 Å². The Morgan fingerprint density at radius 3 is 2.66 bits per heavy atom. The van der Waals surface area contributed by atoms with Crippen LogP contribution in [0.2, 0.25) is 0 Å². The van der Waals surface area contributed by atoms with Crippen LogP contribution >= 0.6 is 0 Å². The molecule has 2 aliphatic rings. The van der Waals surface area contributed by atoms with Crippen molar-refractivity contribution in [3.63, 3.8) is 0 Å². The van der Waals surface area contributed by atoms with Gasteiger partial charge >= 0.3 is 0 Å². The zero-order valence-electron chi connectivity index (χ0n) is 17.1. The molecule has 6 nitrogen and oxygen atoms in total. The summed E-state index contributed by atoms with van der Waals surface area (Å²) in [6.45, 7) is 5.98. The Morgan fingerprint density at radius 1 is 1.21 bits per heavy atom. The first kappa shape index (κ1) is 20.0. The van der Waals surface area contributed by atoms with Gasteiger partial charge in [0.25, 0.3) is 5.91 Å². The molecule has 0 aliphatic carbocycles. The van der Waals surface area contributed by atoms with E-state index in [4.69, 9.17) is 4.74 Å². The van der Waals surface area contributed by atoms with Crippen LogP contribution in [-0.4, -0.2) is 52.6 Å². The minimum absolute atomic E-state index is 0.0993. The maximum atomic E-state index is 12.7. The van der Waals surface area contributed by atoms with Crippen molar-refractivity contribution >= 4 is 5.91 Å².